The molecule has 15 heavy (non-hydrogen) atoms. The summed E-state index contributed by atoms with van der Waals surface area (Å²) >= 11 is 0. The number of nitrogens with zero attached hydrogens (tertiary/aromatic N) is 2. The molecule has 1 aliphatic rings. The molecule has 1 fully saturated rings. The molecule has 5 nitrogen and oxygen atoms in total. The van der Waals surface area contributed by atoms with Crippen molar-refractivity contribution >= 4 is 12.0 Å². The van der Waals surface area contributed by atoms with Crippen LogP contribution in [-0.4, -0.2) is 54.1 Å². The first-order chi connectivity index (χ1) is 7.00. The minimum absolute atomic E-state index is 0.0619. The summed E-state index contributed by atoms with van der Waals surface area (Å²) in [6, 6.07) is 0. The van der Waals surface area contributed by atoms with Crippen LogP contribution in [0.1, 0.15) is 20.8 Å². The van der Waals surface area contributed by atoms with Gasteiger partial charge in [0.2, 0.25) is 5.91 Å². The zero-order valence-electron chi connectivity index (χ0n) is 9.52. The van der Waals surface area contributed by atoms with Gasteiger partial charge in [-0.3, -0.25) is 4.79 Å². The Morgan fingerprint density at radius 3 is 1.93 bits per heavy atom. The summed E-state index contributed by atoms with van der Waals surface area (Å²) in [5.41, 5.74) is 0. The van der Waals surface area contributed by atoms with E-state index < -0.39 is 0 Å². The molecule has 0 bridgehead atoms. The van der Waals surface area contributed by atoms with E-state index in [9.17, 15) is 9.59 Å². The first kappa shape index (κ1) is 11.8. The topological polar surface area (TPSA) is 49.9 Å². The van der Waals surface area contributed by atoms with Gasteiger partial charge in [-0.25, -0.2) is 4.79 Å². The number of ether oxygens (including phenoxy) is 1. The number of carbonyl (C=O) groups is 2. The molecule has 86 valence electrons. The Hall–Kier alpha value is -1.26. The molecule has 0 atom stereocenters. The van der Waals surface area contributed by atoms with Gasteiger partial charge in [0, 0.05) is 33.1 Å². The van der Waals surface area contributed by atoms with Crippen LogP contribution in [0.5, 0.6) is 0 Å². The van der Waals surface area contributed by atoms with E-state index in [4.69, 9.17) is 4.74 Å². The SMILES string of the molecule is CC(=O)N1CCN(C(=O)OC(C)C)CC1. The molecule has 0 saturated carbocycles. The number of piperazine rings is 1. The summed E-state index contributed by atoms with van der Waals surface area (Å²) in [6.07, 6.45) is -0.378. The van der Waals surface area contributed by atoms with Crippen LogP contribution in [0, 0.1) is 0 Å². The molecule has 1 saturated heterocycles. The van der Waals surface area contributed by atoms with Crippen LogP contribution in [0.4, 0.5) is 4.79 Å². The van der Waals surface area contributed by atoms with Gasteiger partial charge in [-0.2, -0.15) is 0 Å². The minimum atomic E-state index is -0.284. The minimum Gasteiger partial charge on any atom is -0.447 e. The van der Waals surface area contributed by atoms with Crippen molar-refractivity contribution in [1.29, 1.82) is 0 Å². The summed E-state index contributed by atoms with van der Waals surface area (Å²) in [4.78, 5) is 25.9. The molecule has 1 aliphatic heterocycles. The first-order valence-electron chi connectivity index (χ1n) is 5.21. The molecule has 0 spiro atoms. The molecule has 0 radical (unpaired) electrons. The lowest BCUT2D eigenvalue weighted by atomic mass is 10.3. The maximum Gasteiger partial charge on any atom is 0.410 e. The summed E-state index contributed by atoms with van der Waals surface area (Å²) in [5.74, 6) is 0.0619. The van der Waals surface area contributed by atoms with Crippen molar-refractivity contribution in [2.45, 2.75) is 26.9 Å². The van der Waals surface area contributed by atoms with Gasteiger partial charge < -0.3 is 14.5 Å². The molecule has 5 heteroatoms. The molecule has 0 aromatic rings. The molecule has 0 unspecified atom stereocenters. The van der Waals surface area contributed by atoms with Crippen LogP contribution in [0.3, 0.4) is 0 Å². The van der Waals surface area contributed by atoms with Crippen LogP contribution in [0.15, 0.2) is 0 Å². The Morgan fingerprint density at radius 2 is 1.53 bits per heavy atom. The van der Waals surface area contributed by atoms with Crippen LogP contribution in [0.25, 0.3) is 0 Å². The smallest absolute Gasteiger partial charge is 0.410 e. The van der Waals surface area contributed by atoms with Gasteiger partial charge in [0.1, 0.15) is 0 Å². The summed E-state index contributed by atoms with van der Waals surface area (Å²) in [6.45, 7) is 7.51. The third kappa shape index (κ3) is 3.42. The van der Waals surface area contributed by atoms with Crippen molar-refractivity contribution in [2.24, 2.45) is 0 Å². The standard InChI is InChI=1S/C10H18N2O3/c1-8(2)15-10(14)12-6-4-11(5-7-12)9(3)13/h8H,4-7H2,1-3H3. The first-order valence-corrected chi connectivity index (χ1v) is 5.21. The molecule has 0 N–H and O–H groups in total. The van der Waals surface area contributed by atoms with E-state index in [1.165, 1.54) is 0 Å². The second kappa shape index (κ2) is 5.00. The van der Waals surface area contributed by atoms with Gasteiger partial charge in [-0.05, 0) is 13.8 Å². The molecular formula is C10H18N2O3. The van der Waals surface area contributed by atoms with Crippen molar-refractivity contribution in [1.82, 2.24) is 9.80 Å². The third-order valence-electron chi connectivity index (χ3n) is 2.32. The summed E-state index contributed by atoms with van der Waals surface area (Å²) < 4.78 is 5.07. The predicted octanol–water partition coefficient (Wildman–Crippen LogP) is 0.696. The van der Waals surface area contributed by atoms with E-state index in [1.807, 2.05) is 13.8 Å². The monoisotopic (exact) mass is 214 g/mol. The number of hydrogen-bond acceptors (Lipinski definition) is 3. The fourth-order valence-corrected chi connectivity index (χ4v) is 1.48. The van der Waals surface area contributed by atoms with E-state index >= 15 is 0 Å². The van der Waals surface area contributed by atoms with Gasteiger partial charge in [0.05, 0.1) is 6.10 Å². The van der Waals surface area contributed by atoms with Crippen LogP contribution >= 0.6 is 0 Å². The average molecular weight is 214 g/mol. The zero-order chi connectivity index (χ0) is 11.4. The summed E-state index contributed by atoms with van der Waals surface area (Å²) in [5, 5.41) is 0. The molecule has 0 aromatic heterocycles. The Bertz CT molecular complexity index is 245. The largest absolute Gasteiger partial charge is 0.447 e. The lowest BCUT2D eigenvalue weighted by molar-refractivity contribution is -0.130. The number of carbonyl (C=O) groups excluding carboxylic acids is 2. The van der Waals surface area contributed by atoms with Crippen molar-refractivity contribution in [3.63, 3.8) is 0 Å². The second-order valence-electron chi connectivity index (χ2n) is 3.93. The Balaban J connectivity index is 2.37. The highest BCUT2D eigenvalue weighted by Gasteiger charge is 2.23. The van der Waals surface area contributed by atoms with Gasteiger partial charge >= 0.3 is 6.09 Å². The van der Waals surface area contributed by atoms with Gasteiger partial charge in [-0.1, -0.05) is 0 Å². The normalized spacial score (nSPS) is 16.8. The molecular weight excluding hydrogens is 196 g/mol. The molecule has 1 rings (SSSR count). The quantitative estimate of drug-likeness (QED) is 0.645. The highest BCUT2D eigenvalue weighted by molar-refractivity contribution is 5.74. The van der Waals surface area contributed by atoms with Crippen molar-refractivity contribution < 1.29 is 14.3 Å². The predicted molar refractivity (Wildman–Crippen MR) is 55.4 cm³/mol. The van der Waals surface area contributed by atoms with Gasteiger partial charge in [0.25, 0.3) is 0 Å². The maximum absolute atomic E-state index is 11.5. The van der Waals surface area contributed by atoms with Gasteiger partial charge in [0.15, 0.2) is 0 Å². The number of amides is 2. The Kier molecular flexibility index (Phi) is 3.94. The molecule has 0 aliphatic carbocycles. The maximum atomic E-state index is 11.5. The number of hydrogen-bond donors (Lipinski definition) is 0. The zero-order valence-corrected chi connectivity index (χ0v) is 9.52. The molecule has 0 aromatic carbocycles. The Labute approximate surface area is 90.0 Å². The van der Waals surface area contributed by atoms with Crippen LogP contribution in [0.2, 0.25) is 0 Å². The van der Waals surface area contributed by atoms with Crippen LogP contribution < -0.4 is 0 Å². The van der Waals surface area contributed by atoms with Crippen molar-refractivity contribution in [3.05, 3.63) is 0 Å². The number of rotatable bonds is 1. The highest BCUT2D eigenvalue weighted by Crippen LogP contribution is 2.05. The molecule has 2 amide bonds. The van der Waals surface area contributed by atoms with E-state index in [-0.39, 0.29) is 18.1 Å². The van der Waals surface area contributed by atoms with Crippen LogP contribution in [-0.2, 0) is 9.53 Å². The summed E-state index contributed by atoms with van der Waals surface area (Å²) in [7, 11) is 0. The van der Waals surface area contributed by atoms with Gasteiger partial charge in [-0.15, -0.1) is 0 Å². The van der Waals surface area contributed by atoms with E-state index in [0.29, 0.717) is 26.2 Å². The third-order valence-corrected chi connectivity index (χ3v) is 2.32. The fourth-order valence-electron chi connectivity index (χ4n) is 1.48. The van der Waals surface area contributed by atoms with E-state index in [0.717, 1.165) is 0 Å². The van der Waals surface area contributed by atoms with E-state index in [1.54, 1.807) is 16.7 Å². The van der Waals surface area contributed by atoms with E-state index in [2.05, 4.69) is 0 Å². The highest BCUT2D eigenvalue weighted by atomic mass is 16.6. The lowest BCUT2D eigenvalue weighted by Gasteiger charge is -2.33. The lowest BCUT2D eigenvalue weighted by Crippen LogP contribution is -2.50. The Morgan fingerprint density at radius 1 is 1.07 bits per heavy atom. The molecule has 1 heterocycles. The van der Waals surface area contributed by atoms with Crippen molar-refractivity contribution in [2.75, 3.05) is 26.2 Å². The fraction of sp³-hybridized carbons (Fsp3) is 0.800. The second-order valence-corrected chi connectivity index (χ2v) is 3.93. The average Bonchev–Trinajstić information content (AvgIpc) is 2.17. The van der Waals surface area contributed by atoms with Crippen molar-refractivity contribution in [3.8, 4) is 0 Å².